The third kappa shape index (κ3) is 24.9. The summed E-state index contributed by atoms with van der Waals surface area (Å²) in [6.07, 6.45) is 26.2. The van der Waals surface area contributed by atoms with Crippen LogP contribution < -0.4 is 0 Å². The van der Waals surface area contributed by atoms with Crippen LogP contribution in [0.1, 0.15) is 128 Å². The fraction of sp³-hybridized carbons (Fsp3) is 0.913. The van der Waals surface area contributed by atoms with E-state index >= 15 is 0 Å². The van der Waals surface area contributed by atoms with Crippen LogP contribution in [0.15, 0.2) is 4.99 Å². The predicted octanol–water partition coefficient (Wildman–Crippen LogP) is 7.21. The second-order valence-electron chi connectivity index (χ2n) is 7.83. The van der Waals surface area contributed by atoms with Crippen molar-refractivity contribution in [2.75, 3.05) is 6.54 Å². The zero-order valence-electron chi connectivity index (χ0n) is 17.6. The first-order valence-corrected chi connectivity index (χ1v) is 11.5. The number of aliphatic carboxylic acids is 1. The van der Waals surface area contributed by atoms with Gasteiger partial charge in [-0.3, -0.25) is 4.79 Å². The normalized spacial score (nSPS) is 10.7. The van der Waals surface area contributed by atoms with Crippen LogP contribution in [0.2, 0.25) is 0 Å². The maximum atomic E-state index is 10.4. The largest absolute Gasteiger partial charge is 0.481 e. The second kappa shape index (κ2) is 22.9. The Morgan fingerprint density at radius 2 is 0.852 bits per heavy atom. The molecule has 0 unspecified atom stereocenters. The zero-order valence-corrected chi connectivity index (χ0v) is 17.6. The van der Waals surface area contributed by atoms with Gasteiger partial charge in [0.2, 0.25) is 6.08 Å². The summed E-state index contributed by atoms with van der Waals surface area (Å²) >= 11 is 0. The highest BCUT2D eigenvalue weighted by atomic mass is 16.4. The second-order valence-corrected chi connectivity index (χ2v) is 7.83. The third-order valence-corrected chi connectivity index (χ3v) is 5.23. The number of carbonyl (C=O) groups excluding carboxylic acids is 1. The number of hydrogen-bond donors (Lipinski definition) is 1. The van der Waals surface area contributed by atoms with Crippen LogP contribution in [0.3, 0.4) is 0 Å². The molecule has 0 spiro atoms. The van der Waals surface area contributed by atoms with E-state index in [9.17, 15) is 9.59 Å². The first kappa shape index (κ1) is 25.9. The van der Waals surface area contributed by atoms with Gasteiger partial charge in [-0.2, -0.15) is 0 Å². The minimum Gasteiger partial charge on any atom is -0.481 e. The Kier molecular flexibility index (Phi) is 21.9. The summed E-state index contributed by atoms with van der Waals surface area (Å²) in [6, 6.07) is 0. The standard InChI is InChI=1S/C23H43NO3/c25-22-24-21-19-17-15-13-11-9-7-5-3-1-2-4-6-8-10-12-14-16-18-20-23(26)27/h1-21H2,(H,26,27). The monoisotopic (exact) mass is 381 g/mol. The molecule has 0 aliphatic rings. The number of carboxylic acids is 1. The van der Waals surface area contributed by atoms with Crippen molar-refractivity contribution in [2.24, 2.45) is 4.99 Å². The van der Waals surface area contributed by atoms with Gasteiger partial charge in [-0.15, -0.1) is 0 Å². The smallest absolute Gasteiger partial charge is 0.303 e. The molecule has 0 amide bonds. The van der Waals surface area contributed by atoms with E-state index in [2.05, 4.69) is 4.99 Å². The molecule has 0 aromatic heterocycles. The Bertz CT molecular complexity index is 345. The van der Waals surface area contributed by atoms with Crippen LogP contribution >= 0.6 is 0 Å². The van der Waals surface area contributed by atoms with Crippen LogP contribution in [0.5, 0.6) is 0 Å². The van der Waals surface area contributed by atoms with Crippen LogP contribution in [-0.4, -0.2) is 23.7 Å². The van der Waals surface area contributed by atoms with Crippen LogP contribution in [-0.2, 0) is 9.59 Å². The van der Waals surface area contributed by atoms with Crippen LogP contribution in [0.25, 0.3) is 0 Å². The van der Waals surface area contributed by atoms with E-state index in [4.69, 9.17) is 5.11 Å². The number of hydrogen-bond acceptors (Lipinski definition) is 3. The average Bonchev–Trinajstić information content (AvgIpc) is 2.65. The first-order valence-electron chi connectivity index (χ1n) is 11.5. The molecule has 0 saturated carbocycles. The van der Waals surface area contributed by atoms with Crippen molar-refractivity contribution in [2.45, 2.75) is 128 Å². The Morgan fingerprint density at radius 1 is 0.556 bits per heavy atom. The lowest BCUT2D eigenvalue weighted by molar-refractivity contribution is -0.137. The Morgan fingerprint density at radius 3 is 1.15 bits per heavy atom. The van der Waals surface area contributed by atoms with E-state index in [0.717, 1.165) is 19.3 Å². The summed E-state index contributed by atoms with van der Waals surface area (Å²) < 4.78 is 0. The average molecular weight is 382 g/mol. The Hall–Kier alpha value is -1.15. The quantitative estimate of drug-likeness (QED) is 0.122. The van der Waals surface area contributed by atoms with Crippen molar-refractivity contribution in [1.29, 1.82) is 0 Å². The summed E-state index contributed by atoms with van der Waals surface area (Å²) in [5.74, 6) is -0.662. The van der Waals surface area contributed by atoms with E-state index in [-0.39, 0.29) is 0 Å². The molecule has 158 valence electrons. The lowest BCUT2D eigenvalue weighted by Gasteiger charge is -2.04. The molecule has 4 heteroatoms. The lowest BCUT2D eigenvalue weighted by Crippen LogP contribution is -1.93. The summed E-state index contributed by atoms with van der Waals surface area (Å²) in [5, 5.41) is 8.57. The van der Waals surface area contributed by atoms with E-state index in [1.165, 1.54) is 103 Å². The van der Waals surface area contributed by atoms with E-state index < -0.39 is 5.97 Å². The van der Waals surface area contributed by atoms with Gasteiger partial charge >= 0.3 is 5.97 Å². The van der Waals surface area contributed by atoms with Gasteiger partial charge in [0, 0.05) is 6.42 Å². The molecule has 0 aromatic rings. The fourth-order valence-corrected chi connectivity index (χ4v) is 3.52. The maximum Gasteiger partial charge on any atom is 0.303 e. The lowest BCUT2D eigenvalue weighted by atomic mass is 10.0. The molecule has 0 fully saturated rings. The predicted molar refractivity (Wildman–Crippen MR) is 113 cm³/mol. The topological polar surface area (TPSA) is 66.7 Å². The molecular weight excluding hydrogens is 338 g/mol. The van der Waals surface area contributed by atoms with Crippen molar-refractivity contribution < 1.29 is 14.7 Å². The first-order chi connectivity index (χ1) is 13.3. The molecule has 0 radical (unpaired) electrons. The van der Waals surface area contributed by atoms with E-state index in [1.807, 2.05) is 0 Å². The van der Waals surface area contributed by atoms with Gasteiger partial charge in [0.25, 0.3) is 0 Å². The van der Waals surface area contributed by atoms with Crippen molar-refractivity contribution in [3.05, 3.63) is 0 Å². The molecule has 0 saturated heterocycles. The van der Waals surface area contributed by atoms with Crippen LogP contribution in [0, 0.1) is 0 Å². The van der Waals surface area contributed by atoms with Gasteiger partial charge in [-0.1, -0.05) is 109 Å². The van der Waals surface area contributed by atoms with Gasteiger partial charge in [0.15, 0.2) is 0 Å². The number of aliphatic imine (C=N–C) groups is 1. The van der Waals surface area contributed by atoms with Gasteiger partial charge in [-0.05, 0) is 12.8 Å². The summed E-state index contributed by atoms with van der Waals surface area (Å²) in [4.78, 5) is 23.9. The molecular formula is C23H43NO3. The Balaban J connectivity index is 3.01. The van der Waals surface area contributed by atoms with Gasteiger partial charge in [-0.25, -0.2) is 9.79 Å². The number of unbranched alkanes of at least 4 members (excludes halogenated alkanes) is 18. The molecule has 0 atom stereocenters. The Labute approximate surface area is 167 Å². The molecule has 0 rings (SSSR count). The van der Waals surface area contributed by atoms with Crippen LogP contribution in [0.4, 0.5) is 0 Å². The van der Waals surface area contributed by atoms with E-state index in [1.54, 1.807) is 6.08 Å². The fourth-order valence-electron chi connectivity index (χ4n) is 3.52. The van der Waals surface area contributed by atoms with Gasteiger partial charge in [0.1, 0.15) is 0 Å². The van der Waals surface area contributed by atoms with Crippen molar-refractivity contribution in [1.82, 2.24) is 0 Å². The number of rotatable bonds is 22. The highest BCUT2D eigenvalue weighted by Gasteiger charge is 1.97. The number of nitrogens with zero attached hydrogens (tertiary/aromatic N) is 1. The number of carbonyl (C=O) groups is 1. The summed E-state index contributed by atoms with van der Waals surface area (Å²) in [5.41, 5.74) is 0. The molecule has 0 bridgehead atoms. The highest BCUT2D eigenvalue weighted by Crippen LogP contribution is 2.14. The third-order valence-electron chi connectivity index (χ3n) is 5.23. The number of isocyanates is 1. The minimum absolute atomic E-state index is 0.333. The number of carboxylic acid groups (broad SMARTS) is 1. The molecule has 4 nitrogen and oxygen atoms in total. The zero-order chi connectivity index (χ0) is 19.8. The van der Waals surface area contributed by atoms with Crippen molar-refractivity contribution >= 4 is 12.0 Å². The van der Waals surface area contributed by atoms with Gasteiger partial charge < -0.3 is 5.11 Å². The molecule has 0 aliphatic carbocycles. The minimum atomic E-state index is -0.662. The highest BCUT2D eigenvalue weighted by molar-refractivity contribution is 5.66. The molecule has 0 aliphatic heterocycles. The molecule has 1 N–H and O–H groups in total. The summed E-state index contributed by atoms with van der Waals surface area (Å²) in [6.45, 7) is 0.651. The van der Waals surface area contributed by atoms with Crippen molar-refractivity contribution in [3.8, 4) is 0 Å². The SMILES string of the molecule is O=C=NCCCCCCCCCCCCCCCCCCCCCC(=O)O. The van der Waals surface area contributed by atoms with Crippen molar-refractivity contribution in [3.63, 3.8) is 0 Å². The maximum absolute atomic E-state index is 10.4. The molecule has 0 heterocycles. The molecule has 0 aromatic carbocycles. The molecule has 27 heavy (non-hydrogen) atoms. The summed E-state index contributed by atoms with van der Waals surface area (Å²) in [7, 11) is 0. The van der Waals surface area contributed by atoms with E-state index in [0.29, 0.717) is 13.0 Å². The van der Waals surface area contributed by atoms with Gasteiger partial charge in [0.05, 0.1) is 6.54 Å².